The van der Waals surface area contributed by atoms with E-state index in [2.05, 4.69) is 32.6 Å². The zero-order valence-corrected chi connectivity index (χ0v) is 19.7. The van der Waals surface area contributed by atoms with E-state index in [9.17, 15) is 4.79 Å². The predicted octanol–water partition coefficient (Wildman–Crippen LogP) is 5.04. The minimum Gasteiger partial charge on any atom is -0.457 e. The molecule has 1 heterocycles. The lowest BCUT2D eigenvalue weighted by molar-refractivity contribution is 0.0557. The van der Waals surface area contributed by atoms with Crippen molar-refractivity contribution in [2.75, 3.05) is 6.61 Å². The third kappa shape index (κ3) is 5.75. The minimum atomic E-state index is -0.383. The molecule has 0 bridgehead atoms. The molecule has 0 saturated heterocycles. The molecule has 5 nitrogen and oxygen atoms in total. The van der Waals surface area contributed by atoms with Crippen LogP contribution in [0, 0.1) is 12.8 Å². The van der Waals surface area contributed by atoms with Crippen LogP contribution in [0.3, 0.4) is 0 Å². The fourth-order valence-corrected chi connectivity index (χ4v) is 4.02. The molecule has 0 aliphatic rings. The van der Waals surface area contributed by atoms with Gasteiger partial charge in [-0.25, -0.2) is 4.79 Å². The van der Waals surface area contributed by atoms with Gasteiger partial charge in [0.15, 0.2) is 0 Å². The highest BCUT2D eigenvalue weighted by Crippen LogP contribution is 2.36. The first kappa shape index (κ1) is 24.4. The summed E-state index contributed by atoms with van der Waals surface area (Å²) in [6.45, 7) is 11.5. The van der Waals surface area contributed by atoms with Gasteiger partial charge in [0.05, 0.1) is 5.56 Å². The van der Waals surface area contributed by atoms with E-state index >= 15 is 0 Å². The fourth-order valence-electron chi connectivity index (χ4n) is 4.02. The van der Waals surface area contributed by atoms with Crippen molar-refractivity contribution in [3.63, 3.8) is 0 Å². The highest BCUT2D eigenvalue weighted by Gasteiger charge is 2.21. The maximum Gasteiger partial charge on any atom is 0.338 e. The Morgan fingerprint density at radius 1 is 1.03 bits per heavy atom. The molecular weight excluding hydrogens is 410 g/mol. The summed E-state index contributed by atoms with van der Waals surface area (Å²) in [6.07, 6.45) is 0.830. The number of nitrogens with zero attached hydrogens (tertiary/aromatic N) is 1. The van der Waals surface area contributed by atoms with Crippen LogP contribution in [0.5, 0.6) is 0 Å². The first-order chi connectivity index (χ1) is 15.8. The van der Waals surface area contributed by atoms with Crippen molar-refractivity contribution in [3.8, 4) is 11.1 Å². The number of aromatic nitrogens is 1. The molecule has 0 atom stereocenters. The van der Waals surface area contributed by atoms with Crippen LogP contribution in [-0.4, -0.2) is 17.6 Å². The Kier molecular flexibility index (Phi) is 8.15. The van der Waals surface area contributed by atoms with Gasteiger partial charge in [-0.05, 0) is 59.2 Å². The predicted molar refractivity (Wildman–Crippen MR) is 134 cm³/mol. The molecule has 0 fully saturated rings. The number of hydrogen-bond donors (Lipinski definition) is 2. The van der Waals surface area contributed by atoms with E-state index in [4.69, 9.17) is 21.2 Å². The fraction of sp³-hybridized carbons (Fsp3) is 0.286. The second kappa shape index (κ2) is 11.0. The summed E-state index contributed by atoms with van der Waals surface area (Å²) in [5.41, 5.74) is 20.1. The number of benzene rings is 2. The van der Waals surface area contributed by atoms with Gasteiger partial charge in [0.25, 0.3) is 0 Å². The molecule has 0 aliphatic carbocycles. The summed E-state index contributed by atoms with van der Waals surface area (Å²) in [4.78, 5) is 17.4. The molecule has 172 valence electrons. The van der Waals surface area contributed by atoms with Crippen LogP contribution >= 0.6 is 0 Å². The van der Waals surface area contributed by atoms with E-state index in [1.165, 1.54) is 0 Å². The van der Waals surface area contributed by atoms with Gasteiger partial charge < -0.3 is 16.2 Å². The molecule has 3 rings (SSSR count). The minimum absolute atomic E-state index is 0.0671. The van der Waals surface area contributed by atoms with E-state index in [-0.39, 0.29) is 12.6 Å². The number of esters is 1. The quantitative estimate of drug-likeness (QED) is 0.452. The van der Waals surface area contributed by atoms with E-state index in [0.29, 0.717) is 30.1 Å². The summed E-state index contributed by atoms with van der Waals surface area (Å²) in [5, 5.41) is 0. The Balaban J connectivity index is 2.04. The average Bonchev–Trinajstić information content (AvgIpc) is 2.82. The van der Waals surface area contributed by atoms with Crippen molar-refractivity contribution in [2.24, 2.45) is 17.4 Å². The van der Waals surface area contributed by atoms with Crippen LogP contribution in [0.15, 0.2) is 61.2 Å². The molecule has 0 unspecified atom stereocenters. The average molecular weight is 444 g/mol. The van der Waals surface area contributed by atoms with Crippen molar-refractivity contribution in [2.45, 2.75) is 40.3 Å². The van der Waals surface area contributed by atoms with Gasteiger partial charge in [0.1, 0.15) is 6.61 Å². The standard InChI is InChI=1S/C28H33N3O2/c1-18(2)14-25-24(16-30)27(22-12-10-21(15-29)11-13-22)26(20(4)31-25)19(3)17-33-28(32)23-8-6-5-7-9-23/h5-13,18H,3,14-17,29-30H2,1-2,4H3. The lowest BCUT2D eigenvalue weighted by atomic mass is 9.87. The third-order valence-electron chi connectivity index (χ3n) is 5.59. The first-order valence-corrected chi connectivity index (χ1v) is 11.3. The Labute approximate surface area is 196 Å². The summed E-state index contributed by atoms with van der Waals surface area (Å²) in [7, 11) is 0. The van der Waals surface area contributed by atoms with Gasteiger partial charge in [0.2, 0.25) is 0 Å². The van der Waals surface area contributed by atoms with Crippen LogP contribution in [-0.2, 0) is 24.2 Å². The summed E-state index contributed by atoms with van der Waals surface area (Å²) < 4.78 is 5.58. The molecule has 4 N–H and O–H groups in total. The molecule has 0 saturated carbocycles. The number of carbonyl (C=O) groups is 1. The van der Waals surface area contributed by atoms with Gasteiger partial charge in [-0.2, -0.15) is 0 Å². The van der Waals surface area contributed by atoms with Crippen LogP contribution in [0.2, 0.25) is 0 Å². The Morgan fingerprint density at radius 2 is 1.70 bits per heavy atom. The second-order valence-electron chi connectivity index (χ2n) is 8.62. The normalized spacial score (nSPS) is 11.0. The number of pyridine rings is 1. The zero-order valence-electron chi connectivity index (χ0n) is 19.7. The first-order valence-electron chi connectivity index (χ1n) is 11.3. The van der Waals surface area contributed by atoms with Crippen molar-refractivity contribution >= 4 is 11.5 Å². The number of ether oxygens (including phenoxy) is 1. The highest BCUT2D eigenvalue weighted by molar-refractivity contribution is 5.91. The molecule has 0 radical (unpaired) electrons. The maximum atomic E-state index is 12.5. The molecule has 5 heteroatoms. The Hall–Kier alpha value is -3.28. The smallest absolute Gasteiger partial charge is 0.338 e. The SMILES string of the molecule is C=C(COC(=O)c1ccccc1)c1c(C)nc(CC(C)C)c(CN)c1-c1ccc(CN)cc1. The van der Waals surface area contributed by atoms with Crippen LogP contribution in [0.1, 0.15) is 52.3 Å². The van der Waals surface area contributed by atoms with E-state index in [1.54, 1.807) is 12.1 Å². The monoisotopic (exact) mass is 443 g/mol. The Morgan fingerprint density at radius 3 is 2.27 bits per heavy atom. The molecule has 3 aromatic rings. The van der Waals surface area contributed by atoms with Crippen LogP contribution in [0.4, 0.5) is 0 Å². The molecule has 0 amide bonds. The maximum absolute atomic E-state index is 12.5. The molecule has 1 aromatic heterocycles. The van der Waals surface area contributed by atoms with Gasteiger partial charge in [0, 0.05) is 30.0 Å². The van der Waals surface area contributed by atoms with E-state index in [1.807, 2.05) is 37.3 Å². The Bertz CT molecular complexity index is 1120. The van der Waals surface area contributed by atoms with Gasteiger partial charge in [-0.15, -0.1) is 0 Å². The van der Waals surface area contributed by atoms with Crippen molar-refractivity contribution in [1.82, 2.24) is 4.98 Å². The molecule has 33 heavy (non-hydrogen) atoms. The topological polar surface area (TPSA) is 91.2 Å². The molecule has 0 aliphatic heterocycles. The summed E-state index contributed by atoms with van der Waals surface area (Å²) >= 11 is 0. The molecule has 2 aromatic carbocycles. The number of carbonyl (C=O) groups excluding carboxylic acids is 1. The van der Waals surface area contributed by atoms with Crippen molar-refractivity contribution in [3.05, 3.63) is 94.8 Å². The van der Waals surface area contributed by atoms with E-state index < -0.39 is 0 Å². The summed E-state index contributed by atoms with van der Waals surface area (Å²) in [5.74, 6) is 0.0576. The lowest BCUT2D eigenvalue weighted by Gasteiger charge is -2.22. The third-order valence-corrected chi connectivity index (χ3v) is 5.59. The largest absolute Gasteiger partial charge is 0.457 e. The van der Waals surface area contributed by atoms with Gasteiger partial charge >= 0.3 is 5.97 Å². The number of rotatable bonds is 9. The lowest BCUT2D eigenvalue weighted by Crippen LogP contribution is -2.14. The number of aryl methyl sites for hydroxylation is 1. The van der Waals surface area contributed by atoms with Gasteiger partial charge in [-0.1, -0.05) is 62.9 Å². The molecule has 0 spiro atoms. The highest BCUT2D eigenvalue weighted by atomic mass is 16.5. The van der Waals surface area contributed by atoms with Crippen LogP contribution < -0.4 is 11.5 Å². The summed E-state index contributed by atoms with van der Waals surface area (Å²) in [6, 6.07) is 17.1. The van der Waals surface area contributed by atoms with Gasteiger partial charge in [-0.3, -0.25) is 4.98 Å². The van der Waals surface area contributed by atoms with Crippen molar-refractivity contribution in [1.29, 1.82) is 0 Å². The van der Waals surface area contributed by atoms with Crippen LogP contribution in [0.25, 0.3) is 16.7 Å². The zero-order chi connectivity index (χ0) is 24.0. The molecular formula is C28H33N3O2. The van der Waals surface area contributed by atoms with Crippen molar-refractivity contribution < 1.29 is 9.53 Å². The second-order valence-corrected chi connectivity index (χ2v) is 8.62. The number of hydrogen-bond acceptors (Lipinski definition) is 5. The van der Waals surface area contributed by atoms with E-state index in [0.717, 1.165) is 45.6 Å². The number of nitrogens with two attached hydrogens (primary N) is 2.